The van der Waals surface area contributed by atoms with Crippen molar-refractivity contribution in [3.05, 3.63) is 48.0 Å². The molecule has 0 heterocycles. The molecule has 0 atom stereocenters. The molecular formula is C20H27N2O+. The van der Waals surface area contributed by atoms with E-state index in [9.17, 15) is 4.79 Å². The van der Waals surface area contributed by atoms with Crippen LogP contribution in [0.3, 0.4) is 0 Å². The lowest BCUT2D eigenvalue weighted by Crippen LogP contribution is -3.16. The highest BCUT2D eigenvalue weighted by Gasteiger charge is 2.38. The van der Waals surface area contributed by atoms with E-state index >= 15 is 0 Å². The van der Waals surface area contributed by atoms with Gasteiger partial charge >= 0.3 is 0 Å². The molecule has 0 saturated heterocycles. The van der Waals surface area contributed by atoms with Crippen LogP contribution in [0.25, 0.3) is 10.8 Å². The summed E-state index contributed by atoms with van der Waals surface area (Å²) in [7, 11) is 4.43. The van der Waals surface area contributed by atoms with E-state index < -0.39 is 0 Å². The van der Waals surface area contributed by atoms with Crippen LogP contribution < -0.4 is 10.2 Å². The van der Waals surface area contributed by atoms with Crippen LogP contribution in [-0.4, -0.2) is 32.1 Å². The third-order valence-corrected chi connectivity index (χ3v) is 5.47. The normalized spacial score (nSPS) is 17.3. The molecule has 0 aromatic heterocycles. The molecule has 3 rings (SSSR count). The Bertz CT molecular complexity index is 687. The molecule has 0 bridgehead atoms. The molecule has 2 aromatic carbocycles. The van der Waals surface area contributed by atoms with E-state index in [4.69, 9.17) is 0 Å². The van der Waals surface area contributed by atoms with Crippen molar-refractivity contribution < 1.29 is 9.69 Å². The zero-order valence-electron chi connectivity index (χ0n) is 14.2. The Morgan fingerprint density at radius 3 is 2.43 bits per heavy atom. The molecule has 3 heteroatoms. The van der Waals surface area contributed by atoms with E-state index in [0.29, 0.717) is 0 Å². The quantitative estimate of drug-likeness (QED) is 0.893. The third-order valence-electron chi connectivity index (χ3n) is 5.47. The van der Waals surface area contributed by atoms with E-state index in [1.54, 1.807) is 0 Å². The van der Waals surface area contributed by atoms with Crippen LogP contribution in [0.4, 0.5) is 0 Å². The van der Waals surface area contributed by atoms with Crippen LogP contribution in [0.1, 0.15) is 42.5 Å². The first-order chi connectivity index (χ1) is 11.1. The molecule has 0 unspecified atom stereocenters. The van der Waals surface area contributed by atoms with Crippen molar-refractivity contribution in [3.8, 4) is 0 Å². The Labute approximate surface area is 138 Å². The SMILES string of the molecule is C[NH+](C)C1(CNC(=O)c2ccc3ccccc3c2)CCCCC1. The molecule has 0 aliphatic heterocycles. The molecule has 1 saturated carbocycles. The van der Waals surface area contributed by atoms with Gasteiger partial charge < -0.3 is 10.2 Å². The van der Waals surface area contributed by atoms with Crippen LogP contribution in [-0.2, 0) is 0 Å². The average molecular weight is 311 g/mol. The first-order valence-electron chi connectivity index (χ1n) is 8.68. The van der Waals surface area contributed by atoms with Gasteiger partial charge in [-0.1, -0.05) is 36.8 Å². The predicted octanol–water partition coefficient (Wildman–Crippen LogP) is 2.42. The van der Waals surface area contributed by atoms with Gasteiger partial charge in [0.15, 0.2) is 0 Å². The first kappa shape index (κ1) is 16.0. The van der Waals surface area contributed by atoms with Crippen molar-refractivity contribution in [1.29, 1.82) is 0 Å². The second-order valence-corrected chi connectivity index (χ2v) is 7.09. The molecule has 2 N–H and O–H groups in total. The van der Waals surface area contributed by atoms with Crippen molar-refractivity contribution in [2.75, 3.05) is 20.6 Å². The molecule has 0 radical (unpaired) electrons. The lowest BCUT2D eigenvalue weighted by Gasteiger charge is -2.39. The lowest BCUT2D eigenvalue weighted by atomic mass is 9.80. The molecule has 0 spiro atoms. The third kappa shape index (κ3) is 3.40. The van der Waals surface area contributed by atoms with Crippen LogP contribution in [0.5, 0.6) is 0 Å². The summed E-state index contributed by atoms with van der Waals surface area (Å²) in [5.74, 6) is 0.0435. The minimum absolute atomic E-state index is 0.0435. The van der Waals surface area contributed by atoms with Gasteiger partial charge in [-0.2, -0.15) is 0 Å². The Morgan fingerprint density at radius 2 is 1.74 bits per heavy atom. The topological polar surface area (TPSA) is 33.5 Å². The summed E-state index contributed by atoms with van der Waals surface area (Å²) < 4.78 is 0. The maximum absolute atomic E-state index is 12.6. The maximum Gasteiger partial charge on any atom is 0.251 e. The van der Waals surface area contributed by atoms with Gasteiger partial charge in [0.25, 0.3) is 5.91 Å². The van der Waals surface area contributed by atoms with E-state index in [2.05, 4.69) is 31.5 Å². The van der Waals surface area contributed by atoms with Gasteiger partial charge in [0.05, 0.1) is 20.6 Å². The molecule has 122 valence electrons. The number of nitrogens with one attached hydrogen (secondary N) is 2. The Kier molecular flexibility index (Phi) is 4.67. The summed E-state index contributed by atoms with van der Waals surface area (Å²) >= 11 is 0. The van der Waals surface area contributed by atoms with Crippen LogP contribution >= 0.6 is 0 Å². The van der Waals surface area contributed by atoms with Crippen LogP contribution in [0.15, 0.2) is 42.5 Å². The Hall–Kier alpha value is -1.87. The highest BCUT2D eigenvalue weighted by atomic mass is 16.1. The Morgan fingerprint density at radius 1 is 1.04 bits per heavy atom. The second kappa shape index (κ2) is 6.71. The largest absolute Gasteiger partial charge is 0.346 e. The van der Waals surface area contributed by atoms with Crippen LogP contribution in [0, 0.1) is 0 Å². The van der Waals surface area contributed by atoms with E-state index in [-0.39, 0.29) is 11.4 Å². The smallest absolute Gasteiger partial charge is 0.251 e. The molecule has 23 heavy (non-hydrogen) atoms. The van der Waals surface area contributed by atoms with Gasteiger partial charge in [-0.25, -0.2) is 0 Å². The number of carbonyl (C=O) groups excluding carboxylic acids is 1. The number of carbonyl (C=O) groups is 1. The van der Waals surface area contributed by atoms with Crippen molar-refractivity contribution in [2.24, 2.45) is 0 Å². The molecule has 2 aromatic rings. The standard InChI is InChI=1S/C20H26N2O/c1-22(2)20(12-6-3-7-13-20)15-21-19(23)18-11-10-16-8-4-5-9-17(16)14-18/h4-5,8-11,14H,3,6-7,12-13,15H2,1-2H3,(H,21,23)/p+1. The Balaban J connectivity index is 1.72. The molecule has 1 aliphatic rings. The molecule has 3 nitrogen and oxygen atoms in total. The number of hydrogen-bond donors (Lipinski definition) is 2. The van der Waals surface area contributed by atoms with Gasteiger partial charge in [0, 0.05) is 18.4 Å². The number of amides is 1. The first-order valence-corrected chi connectivity index (χ1v) is 8.68. The van der Waals surface area contributed by atoms with Gasteiger partial charge in [-0.05, 0) is 35.7 Å². The van der Waals surface area contributed by atoms with E-state index in [0.717, 1.165) is 17.5 Å². The van der Waals surface area contributed by atoms with Crippen molar-refractivity contribution in [2.45, 2.75) is 37.6 Å². The monoisotopic (exact) mass is 311 g/mol. The molecule has 1 amide bonds. The summed E-state index contributed by atoms with van der Waals surface area (Å²) in [6, 6.07) is 14.1. The van der Waals surface area contributed by atoms with Gasteiger partial charge in [-0.3, -0.25) is 4.79 Å². The van der Waals surface area contributed by atoms with Gasteiger partial charge in [-0.15, -0.1) is 0 Å². The summed E-state index contributed by atoms with van der Waals surface area (Å²) in [5.41, 5.74) is 0.952. The lowest BCUT2D eigenvalue weighted by molar-refractivity contribution is -0.916. The number of fused-ring (bicyclic) bond motifs is 1. The maximum atomic E-state index is 12.6. The minimum Gasteiger partial charge on any atom is -0.346 e. The zero-order chi connectivity index (χ0) is 16.3. The minimum atomic E-state index is 0.0435. The van der Waals surface area contributed by atoms with Gasteiger partial charge in [0.2, 0.25) is 0 Å². The fourth-order valence-electron chi connectivity index (χ4n) is 3.76. The molecular weight excluding hydrogens is 284 g/mol. The summed E-state index contributed by atoms with van der Waals surface area (Å²) in [4.78, 5) is 14.0. The van der Waals surface area contributed by atoms with Crippen molar-refractivity contribution >= 4 is 16.7 Å². The number of quaternary nitrogens is 1. The second-order valence-electron chi connectivity index (χ2n) is 7.09. The number of rotatable bonds is 4. The molecule has 1 aliphatic carbocycles. The highest BCUT2D eigenvalue weighted by molar-refractivity contribution is 5.98. The van der Waals surface area contributed by atoms with Gasteiger partial charge in [0.1, 0.15) is 5.54 Å². The highest BCUT2D eigenvalue weighted by Crippen LogP contribution is 2.25. The zero-order valence-corrected chi connectivity index (χ0v) is 14.2. The predicted molar refractivity (Wildman–Crippen MR) is 94.9 cm³/mol. The average Bonchev–Trinajstić information content (AvgIpc) is 2.60. The summed E-state index contributed by atoms with van der Waals surface area (Å²) in [5, 5.41) is 5.48. The fourth-order valence-corrected chi connectivity index (χ4v) is 3.76. The molecule has 1 fully saturated rings. The van der Waals surface area contributed by atoms with E-state index in [1.165, 1.54) is 42.4 Å². The number of hydrogen-bond acceptors (Lipinski definition) is 1. The van der Waals surface area contributed by atoms with Crippen molar-refractivity contribution in [1.82, 2.24) is 5.32 Å². The number of likely N-dealkylation sites (N-methyl/N-ethyl adjacent to an activating group) is 1. The summed E-state index contributed by atoms with van der Waals surface area (Å²) in [6.45, 7) is 0.765. The fraction of sp³-hybridized carbons (Fsp3) is 0.450. The van der Waals surface area contributed by atoms with Crippen LogP contribution in [0.2, 0.25) is 0 Å². The van der Waals surface area contributed by atoms with Crippen molar-refractivity contribution in [3.63, 3.8) is 0 Å². The number of benzene rings is 2. The summed E-state index contributed by atoms with van der Waals surface area (Å²) in [6.07, 6.45) is 6.28. The van der Waals surface area contributed by atoms with E-state index in [1.807, 2.05) is 30.3 Å².